The molecule has 0 saturated heterocycles. The highest BCUT2D eigenvalue weighted by molar-refractivity contribution is 7.90. The summed E-state index contributed by atoms with van der Waals surface area (Å²) in [6, 6.07) is 7.38. The van der Waals surface area contributed by atoms with Crippen LogP contribution in [-0.4, -0.2) is 20.2 Å². The Morgan fingerprint density at radius 3 is 2.12 bits per heavy atom. The van der Waals surface area contributed by atoms with Crippen LogP contribution >= 0.6 is 0 Å². The molecule has 0 fully saturated rings. The molecule has 0 aliphatic carbocycles. The van der Waals surface area contributed by atoms with Gasteiger partial charge in [0.1, 0.15) is 0 Å². The lowest BCUT2D eigenvalue weighted by atomic mass is 10.1. The minimum absolute atomic E-state index is 0.0442. The summed E-state index contributed by atoms with van der Waals surface area (Å²) in [5.74, 6) is 0.126. The zero-order valence-corrected chi connectivity index (χ0v) is 10.6. The van der Waals surface area contributed by atoms with Crippen LogP contribution in [0.5, 0.6) is 0 Å². The highest BCUT2D eigenvalue weighted by Gasteiger charge is 2.14. The molecule has 0 heterocycles. The second kappa shape index (κ2) is 5.46. The molecule has 0 aliphatic rings. The van der Waals surface area contributed by atoms with E-state index < -0.39 is 9.84 Å². The van der Waals surface area contributed by atoms with Gasteiger partial charge in [0.2, 0.25) is 0 Å². The van der Waals surface area contributed by atoms with Crippen molar-refractivity contribution in [2.75, 3.05) is 5.75 Å². The molecule has 1 aromatic rings. The molecule has 0 saturated carbocycles. The van der Waals surface area contributed by atoms with Crippen LogP contribution in [0.2, 0.25) is 0 Å². The van der Waals surface area contributed by atoms with E-state index in [0.717, 1.165) is 12.0 Å². The Morgan fingerprint density at radius 2 is 1.69 bits per heavy atom. The molecule has 90 valence electrons. The Balaban J connectivity index is 2.72. The van der Waals surface area contributed by atoms with Crippen LogP contribution in [0.15, 0.2) is 24.3 Å². The van der Waals surface area contributed by atoms with Crippen LogP contribution < -0.4 is 5.73 Å². The highest BCUT2D eigenvalue weighted by Crippen LogP contribution is 2.09. The summed E-state index contributed by atoms with van der Waals surface area (Å²) >= 11 is 0. The highest BCUT2D eigenvalue weighted by atomic mass is 32.2. The molecule has 0 amide bonds. The zero-order chi connectivity index (χ0) is 12.2. The van der Waals surface area contributed by atoms with Gasteiger partial charge in [0.15, 0.2) is 9.84 Å². The van der Waals surface area contributed by atoms with Crippen LogP contribution in [-0.2, 0) is 22.0 Å². The zero-order valence-electron chi connectivity index (χ0n) is 9.81. The van der Waals surface area contributed by atoms with Crippen LogP contribution in [0.3, 0.4) is 0 Å². The normalized spacial score (nSPS) is 13.7. The van der Waals surface area contributed by atoms with Crippen molar-refractivity contribution >= 4 is 9.84 Å². The van der Waals surface area contributed by atoms with Crippen LogP contribution in [0.1, 0.15) is 25.0 Å². The van der Waals surface area contributed by atoms with Crippen molar-refractivity contribution in [1.29, 1.82) is 0 Å². The van der Waals surface area contributed by atoms with Gasteiger partial charge in [-0.15, -0.1) is 0 Å². The number of benzene rings is 1. The summed E-state index contributed by atoms with van der Waals surface area (Å²) in [6.45, 7) is 3.78. The van der Waals surface area contributed by atoms with Gasteiger partial charge in [-0.25, -0.2) is 8.42 Å². The van der Waals surface area contributed by atoms with Crippen LogP contribution in [0, 0.1) is 0 Å². The molecule has 1 unspecified atom stereocenters. The molecule has 1 aromatic carbocycles. The van der Waals surface area contributed by atoms with Crippen molar-refractivity contribution in [3.05, 3.63) is 35.4 Å². The van der Waals surface area contributed by atoms with E-state index in [1.54, 1.807) is 6.92 Å². The third-order valence-electron chi connectivity index (χ3n) is 2.33. The molecule has 0 radical (unpaired) electrons. The quantitative estimate of drug-likeness (QED) is 0.850. The smallest absolute Gasteiger partial charge is 0.155 e. The Kier molecular flexibility index (Phi) is 4.50. The van der Waals surface area contributed by atoms with E-state index in [1.807, 2.05) is 24.3 Å². The molecule has 0 aliphatic heterocycles. The fraction of sp³-hybridized carbons (Fsp3) is 0.500. The molecule has 3 nitrogen and oxygen atoms in total. The maximum absolute atomic E-state index is 11.7. The molecule has 2 N–H and O–H groups in total. The van der Waals surface area contributed by atoms with E-state index in [4.69, 9.17) is 5.73 Å². The molecule has 0 aromatic heterocycles. The number of nitrogens with two attached hydrogens (primary N) is 1. The lowest BCUT2D eigenvalue weighted by molar-refractivity contribution is 0.589. The third kappa shape index (κ3) is 4.33. The molecule has 4 heteroatoms. The molecule has 0 spiro atoms. The first-order chi connectivity index (χ1) is 7.43. The third-order valence-corrected chi connectivity index (χ3v) is 4.14. The van der Waals surface area contributed by atoms with Crippen molar-refractivity contribution in [2.45, 2.75) is 32.1 Å². The number of hydrogen-bond acceptors (Lipinski definition) is 3. The molecule has 1 rings (SSSR count). The lowest BCUT2D eigenvalue weighted by Gasteiger charge is -2.07. The second-order valence-corrected chi connectivity index (χ2v) is 6.31. The maximum atomic E-state index is 11.7. The van der Waals surface area contributed by atoms with Crippen molar-refractivity contribution in [1.82, 2.24) is 0 Å². The summed E-state index contributed by atoms with van der Waals surface area (Å²) in [7, 11) is -3.08. The van der Waals surface area contributed by atoms with Gasteiger partial charge in [0.05, 0.1) is 11.5 Å². The van der Waals surface area contributed by atoms with Crippen molar-refractivity contribution in [3.63, 3.8) is 0 Å². The minimum Gasteiger partial charge on any atom is -0.327 e. The van der Waals surface area contributed by atoms with E-state index in [-0.39, 0.29) is 17.5 Å². The number of rotatable bonds is 5. The Bertz CT molecular complexity index is 421. The van der Waals surface area contributed by atoms with Crippen molar-refractivity contribution in [3.8, 4) is 0 Å². The largest absolute Gasteiger partial charge is 0.327 e. The number of aryl methyl sites for hydroxylation is 1. The lowest BCUT2D eigenvalue weighted by Crippen LogP contribution is -2.26. The van der Waals surface area contributed by atoms with Crippen LogP contribution in [0.25, 0.3) is 0 Å². The van der Waals surface area contributed by atoms with E-state index in [9.17, 15) is 8.42 Å². The maximum Gasteiger partial charge on any atom is 0.155 e. The van der Waals surface area contributed by atoms with Gasteiger partial charge in [-0.1, -0.05) is 31.2 Å². The second-order valence-electron chi connectivity index (χ2n) is 4.20. The Morgan fingerprint density at radius 1 is 1.19 bits per heavy atom. The average molecular weight is 241 g/mol. The fourth-order valence-corrected chi connectivity index (χ4v) is 3.20. The first-order valence-corrected chi connectivity index (χ1v) is 7.29. The summed E-state index contributed by atoms with van der Waals surface area (Å²) in [4.78, 5) is 0. The summed E-state index contributed by atoms with van der Waals surface area (Å²) < 4.78 is 23.4. The van der Waals surface area contributed by atoms with E-state index in [2.05, 4.69) is 6.92 Å². The standard InChI is InChI=1S/C12H19NO2S/c1-3-11-4-6-12(7-5-11)9-16(14,15)8-10(2)13/h4-7,10H,3,8-9,13H2,1-2H3. The molecular weight excluding hydrogens is 222 g/mol. The van der Waals surface area contributed by atoms with Gasteiger partial charge in [-0.05, 0) is 24.5 Å². The number of sulfone groups is 1. The van der Waals surface area contributed by atoms with Gasteiger partial charge in [-0.2, -0.15) is 0 Å². The van der Waals surface area contributed by atoms with E-state index in [1.165, 1.54) is 5.56 Å². The minimum atomic E-state index is -3.08. The summed E-state index contributed by atoms with van der Waals surface area (Å²) in [6.07, 6.45) is 0.965. The van der Waals surface area contributed by atoms with Gasteiger partial charge in [0, 0.05) is 6.04 Å². The van der Waals surface area contributed by atoms with Crippen molar-refractivity contribution in [2.24, 2.45) is 5.73 Å². The monoisotopic (exact) mass is 241 g/mol. The molecule has 16 heavy (non-hydrogen) atoms. The topological polar surface area (TPSA) is 60.2 Å². The average Bonchev–Trinajstić information content (AvgIpc) is 2.16. The van der Waals surface area contributed by atoms with Gasteiger partial charge in [0.25, 0.3) is 0 Å². The molecule has 0 bridgehead atoms. The van der Waals surface area contributed by atoms with Crippen LogP contribution in [0.4, 0.5) is 0 Å². The summed E-state index contributed by atoms with van der Waals surface area (Å²) in [5, 5.41) is 0. The predicted octanol–water partition coefficient (Wildman–Crippen LogP) is 1.51. The molecule has 1 atom stereocenters. The first-order valence-electron chi connectivity index (χ1n) is 5.47. The predicted molar refractivity (Wildman–Crippen MR) is 67.0 cm³/mol. The van der Waals surface area contributed by atoms with E-state index in [0.29, 0.717) is 0 Å². The SMILES string of the molecule is CCc1ccc(CS(=O)(=O)CC(C)N)cc1. The first kappa shape index (κ1) is 13.2. The fourth-order valence-electron chi connectivity index (χ4n) is 1.58. The molecular formula is C12H19NO2S. The summed E-state index contributed by atoms with van der Waals surface area (Å²) in [5.41, 5.74) is 7.55. The Labute approximate surface area is 97.6 Å². The van der Waals surface area contributed by atoms with Gasteiger partial charge >= 0.3 is 0 Å². The van der Waals surface area contributed by atoms with Gasteiger partial charge < -0.3 is 5.73 Å². The van der Waals surface area contributed by atoms with Crippen molar-refractivity contribution < 1.29 is 8.42 Å². The van der Waals surface area contributed by atoms with E-state index >= 15 is 0 Å². The van der Waals surface area contributed by atoms with Gasteiger partial charge in [-0.3, -0.25) is 0 Å². The number of hydrogen-bond donors (Lipinski definition) is 1. The Hall–Kier alpha value is -0.870.